The van der Waals surface area contributed by atoms with Gasteiger partial charge in [-0.15, -0.1) is 0 Å². The Kier molecular flexibility index (Phi) is 10.6. The van der Waals surface area contributed by atoms with E-state index in [1.165, 1.54) is 5.56 Å². The second kappa shape index (κ2) is 15.3. The molecule has 258 valence electrons. The highest BCUT2D eigenvalue weighted by molar-refractivity contribution is 5.70. The molecule has 2 atom stereocenters. The van der Waals surface area contributed by atoms with Gasteiger partial charge in [-0.25, -0.2) is 9.97 Å². The number of carbonyl (C=O) groups excluding carboxylic acids is 1. The van der Waals surface area contributed by atoms with Crippen LogP contribution in [0.1, 0.15) is 52.9 Å². The summed E-state index contributed by atoms with van der Waals surface area (Å²) < 4.78 is 50.7. The van der Waals surface area contributed by atoms with Crippen LogP contribution in [0.3, 0.4) is 0 Å². The fourth-order valence-electron chi connectivity index (χ4n) is 6.92. The van der Waals surface area contributed by atoms with Gasteiger partial charge in [0.15, 0.2) is 11.5 Å². The molecule has 4 aromatic rings. The van der Waals surface area contributed by atoms with Crippen molar-refractivity contribution < 1.29 is 27.4 Å². The number of halogens is 3. The third-order valence-corrected chi connectivity index (χ3v) is 9.37. The molecule has 1 saturated heterocycles. The molecule has 1 fully saturated rings. The number of aromatic nitrogens is 2. The lowest BCUT2D eigenvalue weighted by molar-refractivity contribution is -0.141. The lowest BCUT2D eigenvalue weighted by atomic mass is 9.98. The molecule has 1 unspecified atom stereocenters. The molecule has 0 radical (unpaired) electrons. The summed E-state index contributed by atoms with van der Waals surface area (Å²) in [6.07, 6.45) is -1.26. The number of rotatable bonds is 13. The number of fused-ring (bicyclic) bond motifs is 1. The lowest BCUT2D eigenvalue weighted by Gasteiger charge is -2.37. The molecule has 2 aliphatic heterocycles. The number of nitrogens with zero attached hydrogens (tertiary/aromatic N) is 5. The van der Waals surface area contributed by atoms with Gasteiger partial charge in [-0.3, -0.25) is 9.80 Å². The molecule has 1 aromatic heterocycles. The van der Waals surface area contributed by atoms with Crippen molar-refractivity contribution in [3.63, 3.8) is 0 Å². The minimum absolute atomic E-state index is 0.0784. The molecule has 9 nitrogen and oxygen atoms in total. The highest BCUT2D eigenvalue weighted by Gasteiger charge is 2.38. The summed E-state index contributed by atoms with van der Waals surface area (Å²) in [5.74, 6) is 1.10. The van der Waals surface area contributed by atoms with E-state index in [2.05, 4.69) is 60.3 Å². The van der Waals surface area contributed by atoms with E-state index >= 15 is 0 Å². The van der Waals surface area contributed by atoms with Crippen LogP contribution in [0.4, 0.5) is 24.8 Å². The van der Waals surface area contributed by atoms with Crippen molar-refractivity contribution in [1.29, 1.82) is 0 Å². The third kappa shape index (κ3) is 7.81. The molecule has 1 N–H and O–H groups in total. The van der Waals surface area contributed by atoms with Gasteiger partial charge in [0.25, 0.3) is 0 Å². The van der Waals surface area contributed by atoms with Gasteiger partial charge in [0.2, 0.25) is 5.95 Å². The van der Waals surface area contributed by atoms with E-state index < -0.39 is 17.9 Å². The zero-order chi connectivity index (χ0) is 34.4. The molecular weight excluding hydrogens is 633 g/mol. The van der Waals surface area contributed by atoms with E-state index in [0.29, 0.717) is 37.4 Å². The zero-order valence-corrected chi connectivity index (χ0v) is 27.7. The van der Waals surface area contributed by atoms with Crippen LogP contribution in [0.5, 0.6) is 11.5 Å². The molecule has 6 rings (SSSR count). The zero-order valence-electron chi connectivity index (χ0n) is 27.7. The van der Waals surface area contributed by atoms with Crippen LogP contribution in [0.2, 0.25) is 0 Å². The first kappa shape index (κ1) is 34.2. The Morgan fingerprint density at radius 3 is 2.45 bits per heavy atom. The maximum atomic E-state index is 13.2. The van der Waals surface area contributed by atoms with E-state index in [-0.39, 0.29) is 12.0 Å². The van der Waals surface area contributed by atoms with Gasteiger partial charge < -0.3 is 24.5 Å². The van der Waals surface area contributed by atoms with Gasteiger partial charge >= 0.3 is 6.18 Å². The van der Waals surface area contributed by atoms with Crippen LogP contribution in [-0.2, 0) is 24.1 Å². The van der Waals surface area contributed by atoms with E-state index in [9.17, 15) is 18.0 Å². The Hall–Kier alpha value is -4.68. The van der Waals surface area contributed by atoms with E-state index in [1.54, 1.807) is 14.2 Å². The van der Waals surface area contributed by atoms with Crippen molar-refractivity contribution in [2.24, 2.45) is 0 Å². The molecule has 0 spiro atoms. The number of ether oxygens (including phenoxy) is 2. The Morgan fingerprint density at radius 1 is 0.959 bits per heavy atom. The SMILES string of the molecule is COc1ccc([C@@H](CCCNc2nccc(C(F)(F)F)n2)N2Cc3c(cccc3N3CCN(Cc4ccccc4)CC3)C2C=O)cc1OC. The van der Waals surface area contributed by atoms with E-state index in [4.69, 9.17) is 9.47 Å². The van der Waals surface area contributed by atoms with Crippen molar-refractivity contribution in [3.8, 4) is 11.5 Å². The molecular formula is C37H41F3N6O3. The summed E-state index contributed by atoms with van der Waals surface area (Å²) in [5.41, 5.74) is 4.56. The van der Waals surface area contributed by atoms with Crippen LogP contribution in [0, 0.1) is 0 Å². The van der Waals surface area contributed by atoms with E-state index in [0.717, 1.165) is 73.7 Å². The Balaban J connectivity index is 1.21. The molecule has 3 heterocycles. The number of carbonyl (C=O) groups is 1. The number of aldehydes is 1. The molecule has 2 aliphatic rings. The number of anilines is 2. The first-order chi connectivity index (χ1) is 23.8. The molecule has 49 heavy (non-hydrogen) atoms. The number of hydrogen-bond acceptors (Lipinski definition) is 9. The van der Waals surface area contributed by atoms with Gasteiger partial charge in [0.05, 0.1) is 20.3 Å². The van der Waals surface area contributed by atoms with Crippen molar-refractivity contribution in [2.75, 3.05) is 57.2 Å². The Labute approximate surface area is 284 Å². The summed E-state index contributed by atoms with van der Waals surface area (Å²) >= 11 is 0. The average molecular weight is 675 g/mol. The minimum Gasteiger partial charge on any atom is -0.493 e. The molecule has 0 aliphatic carbocycles. The summed E-state index contributed by atoms with van der Waals surface area (Å²) in [5, 5.41) is 2.94. The quantitative estimate of drug-likeness (QED) is 0.126. The summed E-state index contributed by atoms with van der Waals surface area (Å²) in [4.78, 5) is 27.6. The molecule has 3 aromatic carbocycles. The summed E-state index contributed by atoms with van der Waals surface area (Å²) in [6.45, 7) is 5.49. The maximum Gasteiger partial charge on any atom is 0.433 e. The fraction of sp³-hybridized carbons (Fsp3) is 0.378. The summed E-state index contributed by atoms with van der Waals surface area (Å²) in [7, 11) is 3.17. The first-order valence-corrected chi connectivity index (χ1v) is 16.5. The van der Waals surface area contributed by atoms with Gasteiger partial charge in [0, 0.05) is 63.7 Å². The molecule has 0 saturated carbocycles. The second-order valence-corrected chi connectivity index (χ2v) is 12.3. The molecule has 0 bridgehead atoms. The van der Waals surface area contributed by atoms with Crippen LogP contribution in [0.15, 0.2) is 79.0 Å². The predicted octanol–water partition coefficient (Wildman–Crippen LogP) is 6.52. The van der Waals surface area contributed by atoms with Crippen molar-refractivity contribution in [1.82, 2.24) is 19.8 Å². The van der Waals surface area contributed by atoms with Crippen LogP contribution < -0.4 is 19.7 Å². The minimum atomic E-state index is -4.55. The fourth-order valence-corrected chi connectivity index (χ4v) is 6.92. The lowest BCUT2D eigenvalue weighted by Crippen LogP contribution is -2.46. The number of piperazine rings is 1. The highest BCUT2D eigenvalue weighted by Crippen LogP contribution is 2.45. The van der Waals surface area contributed by atoms with Crippen LogP contribution >= 0.6 is 0 Å². The topological polar surface area (TPSA) is 83.1 Å². The summed E-state index contributed by atoms with van der Waals surface area (Å²) in [6, 6.07) is 22.7. The van der Waals surface area contributed by atoms with Crippen molar-refractivity contribution in [3.05, 3.63) is 107 Å². The van der Waals surface area contributed by atoms with E-state index in [1.807, 2.05) is 36.4 Å². The number of hydrogen-bond donors (Lipinski definition) is 1. The second-order valence-electron chi connectivity index (χ2n) is 12.3. The largest absolute Gasteiger partial charge is 0.493 e. The maximum absolute atomic E-state index is 13.2. The Morgan fingerprint density at radius 2 is 1.73 bits per heavy atom. The monoisotopic (exact) mass is 674 g/mol. The number of alkyl halides is 3. The number of methoxy groups -OCH3 is 2. The van der Waals surface area contributed by atoms with Crippen molar-refractivity contribution >= 4 is 17.9 Å². The third-order valence-electron chi connectivity index (χ3n) is 9.37. The predicted molar refractivity (Wildman–Crippen MR) is 182 cm³/mol. The molecule has 0 amide bonds. The van der Waals surface area contributed by atoms with Crippen LogP contribution in [0.25, 0.3) is 0 Å². The smallest absolute Gasteiger partial charge is 0.433 e. The number of nitrogens with one attached hydrogen (secondary N) is 1. The Bertz CT molecular complexity index is 1720. The normalized spacial score (nSPS) is 17.4. The molecule has 12 heteroatoms. The van der Waals surface area contributed by atoms with Crippen LogP contribution in [-0.4, -0.2) is 73.0 Å². The van der Waals surface area contributed by atoms with Crippen molar-refractivity contribution in [2.45, 2.75) is 44.2 Å². The van der Waals surface area contributed by atoms with Gasteiger partial charge in [-0.1, -0.05) is 48.5 Å². The van der Waals surface area contributed by atoms with Gasteiger partial charge in [0.1, 0.15) is 12.0 Å². The first-order valence-electron chi connectivity index (χ1n) is 16.5. The standard InChI is InChI=1S/C37H41F3N6O3/c1-48-33-14-13-27(22-34(33)49-2)30(12-7-16-41-36-42-17-15-35(43-36)37(38,39)40)46-24-29-28(32(46)25-47)10-6-11-31(29)45-20-18-44(19-21-45)23-26-8-4-3-5-9-26/h3-6,8-11,13-15,17,22,25,30,32H,7,12,16,18-21,23-24H2,1-2H3,(H,41,42,43)/t30-,32?/m1/s1. The highest BCUT2D eigenvalue weighted by atomic mass is 19.4. The average Bonchev–Trinajstić information content (AvgIpc) is 3.50. The number of benzene rings is 3. The van der Waals surface area contributed by atoms with Gasteiger partial charge in [-0.2, -0.15) is 13.2 Å². The van der Waals surface area contributed by atoms with Gasteiger partial charge in [-0.05, 0) is 59.4 Å².